The molecule has 0 aromatic rings. The fourth-order valence-electron chi connectivity index (χ4n) is 0. The summed E-state index contributed by atoms with van der Waals surface area (Å²) in [7, 11) is 0. The van der Waals surface area contributed by atoms with Gasteiger partial charge in [0.05, 0.1) is 0 Å². The van der Waals surface area contributed by atoms with E-state index in [4.69, 9.17) is 0 Å². The molecule has 0 radical (unpaired) electrons. The first-order valence-electron chi connectivity index (χ1n) is 9.00. The van der Waals surface area contributed by atoms with Gasteiger partial charge in [0, 0.05) is 0 Å². The molecule has 0 saturated heterocycles. The summed E-state index contributed by atoms with van der Waals surface area (Å²) in [6.45, 7) is 0. The van der Waals surface area contributed by atoms with Crippen LogP contribution in [0.4, 0.5) is 0 Å². The average molecular weight is 776 g/mol. The van der Waals surface area contributed by atoms with Crippen molar-refractivity contribution >= 4 is 568 Å². The maximum absolute atomic E-state index is 1.25. The van der Waals surface area contributed by atoms with Gasteiger partial charge in [-0.05, 0) is 0 Å². The molecule has 0 aromatic carbocycles. The first kappa shape index (κ1) is 84.6. The molecule has 0 fully saturated rings. The number of hydrogen-bond donors (Lipinski definition) is 0. The van der Waals surface area contributed by atoms with Crippen molar-refractivity contribution in [1.29, 1.82) is 0 Å². The van der Waals surface area contributed by atoms with Crippen molar-refractivity contribution in [2.45, 2.75) is 14.9 Å². The summed E-state index contributed by atoms with van der Waals surface area (Å²) in [5, 5.41) is 0. The molecule has 0 N–H and O–H groups in total. The van der Waals surface area contributed by atoms with Crippen LogP contribution >= 0.6 is 0 Å². The molecule has 0 aliphatic heterocycles. The van der Waals surface area contributed by atoms with Gasteiger partial charge in [0.2, 0.25) is 0 Å². The Kier molecular flexibility index (Phi) is 534. The molecule has 36 valence electrons. The normalized spacial score (nSPS) is 3.43. The third kappa shape index (κ3) is 127. The molecular formula is C2H9K19. The summed E-state index contributed by atoms with van der Waals surface area (Å²) in [5.74, 6) is 0. The molecule has 0 spiro atoms. The van der Waals surface area contributed by atoms with Crippen molar-refractivity contribution in [3.05, 3.63) is 0 Å². The van der Waals surface area contributed by atoms with Crippen LogP contribution in [0.25, 0.3) is 0 Å². The molecule has 0 unspecified atom stereocenters. The molecule has 0 amide bonds. The summed E-state index contributed by atoms with van der Waals surface area (Å²) in [5.41, 5.74) is 0. The van der Waals surface area contributed by atoms with E-state index in [2.05, 4.69) is 0 Å². The van der Waals surface area contributed by atoms with Crippen molar-refractivity contribution in [2.75, 3.05) is 0 Å². The van der Waals surface area contributed by atoms with Crippen LogP contribution in [-0.4, -0.2) is 568 Å². The number of hydrogen-bond acceptors (Lipinski definition) is 0. The van der Waals surface area contributed by atoms with E-state index < -0.39 is 0 Å². The van der Waals surface area contributed by atoms with Crippen LogP contribution in [0.1, 0.15) is 16.3 Å². The SMILES string of the molecule is C.C.[H-].[K+].[K][K].[K][K].[K][K].[K][K].[K][K].[K][K].[K][K].[K][K].[K][K]. The molecule has 0 aliphatic rings. The van der Waals surface area contributed by atoms with E-state index in [9.17, 15) is 0 Å². The first-order valence-corrected chi connectivity index (χ1v) is 153. The van der Waals surface area contributed by atoms with E-state index in [0.717, 1.165) is 0 Å². The van der Waals surface area contributed by atoms with Crippen LogP contribution in [0, 0.1) is 0 Å². The molecule has 21 heavy (non-hydrogen) atoms. The van der Waals surface area contributed by atoms with E-state index >= 15 is 0 Å². The molecule has 0 rings (SSSR count). The van der Waals surface area contributed by atoms with Crippen molar-refractivity contribution in [3.8, 4) is 0 Å². The van der Waals surface area contributed by atoms with Gasteiger partial charge in [-0.15, -0.1) is 0 Å². The van der Waals surface area contributed by atoms with Crippen LogP contribution in [0.5, 0.6) is 0 Å². The Hall–Kier alpha value is 31.1. The van der Waals surface area contributed by atoms with Crippen molar-refractivity contribution in [3.63, 3.8) is 0 Å². The van der Waals surface area contributed by atoms with E-state index in [0.29, 0.717) is 0 Å². The van der Waals surface area contributed by atoms with Crippen molar-refractivity contribution in [1.82, 2.24) is 0 Å². The summed E-state index contributed by atoms with van der Waals surface area (Å²) < 4.78 is 0. The summed E-state index contributed by atoms with van der Waals surface area (Å²) >= 11 is 22.5. The third-order valence-electron chi connectivity index (χ3n) is 0. The van der Waals surface area contributed by atoms with E-state index in [1.165, 1.54) is 568 Å². The van der Waals surface area contributed by atoms with Gasteiger partial charge in [-0.1, -0.05) is 14.9 Å². The van der Waals surface area contributed by atoms with Crippen LogP contribution in [0.3, 0.4) is 0 Å². The van der Waals surface area contributed by atoms with Gasteiger partial charge in [-0.25, -0.2) is 0 Å². The van der Waals surface area contributed by atoms with Crippen molar-refractivity contribution in [2.24, 2.45) is 0 Å². The predicted molar refractivity (Wildman–Crippen MR) is 118 cm³/mol. The van der Waals surface area contributed by atoms with Gasteiger partial charge in [0.25, 0.3) is 0 Å². The van der Waals surface area contributed by atoms with Crippen LogP contribution in [0.15, 0.2) is 0 Å². The Bertz CT molecular complexity index is 15.4. The summed E-state index contributed by atoms with van der Waals surface area (Å²) in [6.07, 6.45) is 0. The van der Waals surface area contributed by atoms with Gasteiger partial charge < -0.3 is 1.43 Å². The van der Waals surface area contributed by atoms with E-state index in [-0.39, 0.29) is 67.7 Å². The average Bonchev–Trinajstić information content (AvgIpc) is 2.63. The Morgan fingerprint density at radius 3 is 0.238 bits per heavy atom. The Balaban J connectivity index is -0.00000000368. The molecule has 0 bridgehead atoms. The van der Waals surface area contributed by atoms with Gasteiger partial charge in [-0.2, -0.15) is 0 Å². The fraction of sp³-hybridized carbons (Fsp3) is 1.00. The Labute approximate surface area is 591 Å². The molecule has 0 atom stereocenters. The van der Waals surface area contributed by atoms with Crippen molar-refractivity contribution < 1.29 is 52.8 Å². The molecule has 0 aromatic heterocycles. The van der Waals surface area contributed by atoms with Gasteiger partial charge in [-0.3, -0.25) is 0 Å². The summed E-state index contributed by atoms with van der Waals surface area (Å²) in [4.78, 5) is 0. The van der Waals surface area contributed by atoms with Crippen LogP contribution in [0.2, 0.25) is 0 Å². The predicted octanol–water partition coefficient (Wildman–Crippen LogP) is -8.47. The zero-order valence-corrected chi connectivity index (χ0v) is 78.3. The molecule has 0 aliphatic carbocycles. The quantitative estimate of drug-likeness (QED) is 0.215. The zero-order valence-electron chi connectivity index (χ0n) is 20.0. The second-order valence-corrected chi connectivity index (χ2v) is 0. The van der Waals surface area contributed by atoms with Gasteiger partial charge >= 0.3 is 620 Å². The minimum absolute atomic E-state index is 0. The second-order valence-electron chi connectivity index (χ2n) is 0. The molecule has 0 saturated carbocycles. The fourth-order valence-corrected chi connectivity index (χ4v) is 0. The molecule has 19 heteroatoms. The summed E-state index contributed by atoms with van der Waals surface area (Å²) in [6, 6.07) is 0. The second kappa shape index (κ2) is 133. The molecule has 0 nitrogen and oxygen atoms in total. The monoisotopic (exact) mass is 773 g/mol. The molecular weight excluding hydrogens is 767 g/mol. The van der Waals surface area contributed by atoms with Gasteiger partial charge in [0.1, 0.15) is 0 Å². The maximum atomic E-state index is 1.25. The molecule has 0 heterocycles. The minimum atomic E-state index is 0. The number of rotatable bonds is 0. The van der Waals surface area contributed by atoms with Crippen LogP contribution in [-0.2, 0) is 0 Å². The van der Waals surface area contributed by atoms with Gasteiger partial charge in [0.15, 0.2) is 0 Å². The van der Waals surface area contributed by atoms with E-state index in [1.54, 1.807) is 0 Å². The zero-order chi connectivity index (χ0) is 18.0. The Morgan fingerprint density at radius 2 is 0.238 bits per heavy atom. The van der Waals surface area contributed by atoms with Crippen LogP contribution < -0.4 is 51.4 Å². The van der Waals surface area contributed by atoms with E-state index in [1.807, 2.05) is 0 Å². The Morgan fingerprint density at radius 1 is 0.238 bits per heavy atom. The first-order chi connectivity index (χ1) is 9.00. The standard InChI is InChI=1S/2CH4.19K.H/h2*1H4;;;;;;;;;;;;;;;;;;;;/q;;;;;;;;;;;;;;;;;;;;+1;-1. The topological polar surface area (TPSA) is 0 Å². The third-order valence-corrected chi connectivity index (χ3v) is 0.